The van der Waals surface area contributed by atoms with Crippen LogP contribution >= 0.6 is 11.3 Å². The van der Waals surface area contributed by atoms with Gasteiger partial charge in [0.15, 0.2) is 0 Å². The third kappa shape index (κ3) is 4.95. The van der Waals surface area contributed by atoms with Crippen molar-refractivity contribution >= 4 is 17.4 Å². The molecule has 3 rings (SSSR count). The molecule has 1 heterocycles. The van der Waals surface area contributed by atoms with Gasteiger partial charge in [-0.25, -0.2) is 4.79 Å². The van der Waals surface area contributed by atoms with Gasteiger partial charge in [0, 0.05) is 30.1 Å². The minimum absolute atomic E-state index is 0.166. The van der Waals surface area contributed by atoms with Crippen molar-refractivity contribution in [3.63, 3.8) is 0 Å². The van der Waals surface area contributed by atoms with Gasteiger partial charge in [-0.1, -0.05) is 6.07 Å². The first-order chi connectivity index (χ1) is 10.9. The Hall–Kier alpha value is -1.07. The van der Waals surface area contributed by atoms with E-state index >= 15 is 0 Å². The number of rotatable bonds is 7. The zero-order valence-electron chi connectivity index (χ0n) is 14.4. The second-order valence-corrected chi connectivity index (χ2v) is 8.67. The van der Waals surface area contributed by atoms with E-state index in [4.69, 9.17) is 4.74 Å². The van der Waals surface area contributed by atoms with Crippen LogP contribution in [0.5, 0.6) is 0 Å². The van der Waals surface area contributed by atoms with Gasteiger partial charge in [0.2, 0.25) is 0 Å². The number of hydrogen-bond acceptors (Lipinski definition) is 4. The van der Waals surface area contributed by atoms with E-state index in [9.17, 15) is 4.79 Å². The van der Waals surface area contributed by atoms with Crippen LogP contribution in [0.15, 0.2) is 17.5 Å². The van der Waals surface area contributed by atoms with Gasteiger partial charge < -0.3 is 15.0 Å². The molecule has 0 radical (unpaired) electrons. The molecule has 2 fully saturated rings. The minimum atomic E-state index is -0.425. The molecular weight excluding hydrogens is 308 g/mol. The second-order valence-electron chi connectivity index (χ2n) is 7.69. The monoisotopic (exact) mass is 336 g/mol. The SMILES string of the molecule is CC(C)(C)OC(=O)N(CCNC(c1cccs1)C1CC1)C1CC1. The van der Waals surface area contributed by atoms with E-state index in [1.165, 1.54) is 17.7 Å². The summed E-state index contributed by atoms with van der Waals surface area (Å²) in [4.78, 5) is 15.7. The van der Waals surface area contributed by atoms with Gasteiger partial charge >= 0.3 is 6.09 Å². The molecule has 1 amide bonds. The van der Waals surface area contributed by atoms with Crippen LogP contribution in [0.1, 0.15) is 57.4 Å². The summed E-state index contributed by atoms with van der Waals surface area (Å²) < 4.78 is 5.55. The number of nitrogens with zero attached hydrogens (tertiary/aromatic N) is 1. The Labute approximate surface area is 143 Å². The third-order valence-corrected chi connectivity index (χ3v) is 5.23. The molecule has 0 aliphatic heterocycles. The molecule has 5 heteroatoms. The number of nitrogens with one attached hydrogen (secondary N) is 1. The highest BCUT2D eigenvalue weighted by atomic mass is 32.1. The molecule has 0 aromatic carbocycles. The lowest BCUT2D eigenvalue weighted by Crippen LogP contribution is -2.42. The van der Waals surface area contributed by atoms with E-state index in [2.05, 4.69) is 22.8 Å². The summed E-state index contributed by atoms with van der Waals surface area (Å²) in [5, 5.41) is 5.82. The summed E-state index contributed by atoms with van der Waals surface area (Å²) in [6.07, 6.45) is 4.68. The van der Waals surface area contributed by atoms with Gasteiger partial charge in [-0.3, -0.25) is 0 Å². The average molecular weight is 337 g/mol. The Morgan fingerprint density at radius 2 is 2.13 bits per heavy atom. The summed E-state index contributed by atoms with van der Waals surface area (Å²) >= 11 is 1.82. The second kappa shape index (κ2) is 6.81. The van der Waals surface area contributed by atoms with E-state index in [1.54, 1.807) is 0 Å². The lowest BCUT2D eigenvalue weighted by atomic mass is 10.1. The predicted octanol–water partition coefficient (Wildman–Crippen LogP) is 4.19. The standard InChI is InChI=1S/C18H28N2O2S/c1-18(2,3)22-17(21)20(14-8-9-14)11-10-19-16(13-6-7-13)15-5-4-12-23-15/h4-5,12-14,16,19H,6-11H2,1-3H3. The van der Waals surface area contributed by atoms with Crippen molar-refractivity contribution < 1.29 is 9.53 Å². The van der Waals surface area contributed by atoms with Crippen LogP contribution in [0.2, 0.25) is 0 Å². The first-order valence-electron chi connectivity index (χ1n) is 8.70. The van der Waals surface area contributed by atoms with Crippen molar-refractivity contribution in [3.8, 4) is 0 Å². The Kier molecular flexibility index (Phi) is 4.97. The smallest absolute Gasteiger partial charge is 0.410 e. The first-order valence-corrected chi connectivity index (χ1v) is 9.58. The van der Waals surface area contributed by atoms with E-state index in [0.717, 1.165) is 31.8 Å². The quantitative estimate of drug-likeness (QED) is 0.812. The summed E-state index contributed by atoms with van der Waals surface area (Å²) in [7, 11) is 0. The molecule has 1 aromatic heterocycles. The fourth-order valence-corrected chi connectivity index (χ4v) is 3.76. The molecule has 1 unspecified atom stereocenters. The number of amides is 1. The van der Waals surface area contributed by atoms with Crippen LogP contribution < -0.4 is 5.32 Å². The Balaban J connectivity index is 1.51. The van der Waals surface area contributed by atoms with Crippen LogP contribution in [0.25, 0.3) is 0 Å². The summed E-state index contributed by atoms with van der Waals surface area (Å²) in [6.45, 7) is 7.33. The van der Waals surface area contributed by atoms with Crippen molar-refractivity contribution in [2.45, 2.75) is 64.1 Å². The molecule has 2 saturated carbocycles. The number of thiophene rings is 1. The zero-order valence-corrected chi connectivity index (χ0v) is 15.2. The van der Waals surface area contributed by atoms with Gasteiger partial charge in [0.1, 0.15) is 5.60 Å². The van der Waals surface area contributed by atoms with Crippen LogP contribution in [0, 0.1) is 5.92 Å². The lowest BCUT2D eigenvalue weighted by Gasteiger charge is -2.28. The number of hydrogen-bond donors (Lipinski definition) is 1. The van der Waals surface area contributed by atoms with E-state index in [-0.39, 0.29) is 6.09 Å². The fourth-order valence-electron chi connectivity index (χ4n) is 2.87. The van der Waals surface area contributed by atoms with Gasteiger partial charge in [0.05, 0.1) is 0 Å². The molecule has 23 heavy (non-hydrogen) atoms. The summed E-state index contributed by atoms with van der Waals surface area (Å²) in [5.41, 5.74) is -0.425. The highest BCUT2D eigenvalue weighted by Crippen LogP contribution is 2.42. The maximum atomic E-state index is 12.4. The molecule has 1 N–H and O–H groups in total. The van der Waals surface area contributed by atoms with E-state index in [1.807, 2.05) is 37.0 Å². The Bertz CT molecular complexity index is 516. The number of ether oxygens (including phenoxy) is 1. The third-order valence-electron chi connectivity index (χ3n) is 4.28. The Morgan fingerprint density at radius 3 is 2.65 bits per heavy atom. The Morgan fingerprint density at radius 1 is 1.39 bits per heavy atom. The molecule has 0 spiro atoms. The topological polar surface area (TPSA) is 41.6 Å². The maximum absolute atomic E-state index is 12.4. The first kappa shape index (κ1) is 16.8. The molecular formula is C18H28N2O2S. The van der Waals surface area contributed by atoms with E-state index < -0.39 is 5.60 Å². The van der Waals surface area contributed by atoms with Crippen LogP contribution in [0.4, 0.5) is 4.79 Å². The van der Waals surface area contributed by atoms with Crippen LogP contribution in [-0.4, -0.2) is 35.7 Å². The molecule has 128 valence electrons. The molecule has 0 bridgehead atoms. The maximum Gasteiger partial charge on any atom is 0.410 e. The summed E-state index contributed by atoms with van der Waals surface area (Å²) in [6, 6.07) is 5.17. The van der Waals surface area contributed by atoms with Crippen molar-refractivity contribution in [2.24, 2.45) is 5.92 Å². The summed E-state index contributed by atoms with van der Waals surface area (Å²) in [5.74, 6) is 0.768. The normalized spacial score (nSPS) is 19.4. The van der Waals surface area contributed by atoms with Crippen molar-refractivity contribution in [3.05, 3.63) is 22.4 Å². The molecule has 4 nitrogen and oxygen atoms in total. The number of carbonyl (C=O) groups excluding carboxylic acids is 1. The van der Waals surface area contributed by atoms with Crippen molar-refractivity contribution in [1.29, 1.82) is 0 Å². The molecule has 2 aliphatic rings. The molecule has 2 aliphatic carbocycles. The van der Waals surface area contributed by atoms with Gasteiger partial charge in [-0.05, 0) is 63.8 Å². The minimum Gasteiger partial charge on any atom is -0.444 e. The van der Waals surface area contributed by atoms with Gasteiger partial charge in [-0.15, -0.1) is 11.3 Å². The van der Waals surface area contributed by atoms with Crippen LogP contribution in [-0.2, 0) is 4.74 Å². The van der Waals surface area contributed by atoms with Crippen LogP contribution in [0.3, 0.4) is 0 Å². The van der Waals surface area contributed by atoms with Gasteiger partial charge in [-0.2, -0.15) is 0 Å². The van der Waals surface area contributed by atoms with Crippen molar-refractivity contribution in [2.75, 3.05) is 13.1 Å². The molecule has 1 atom stereocenters. The molecule has 1 aromatic rings. The average Bonchev–Trinajstić information content (AvgIpc) is 3.37. The van der Waals surface area contributed by atoms with Gasteiger partial charge in [0.25, 0.3) is 0 Å². The highest BCUT2D eigenvalue weighted by Gasteiger charge is 2.36. The fraction of sp³-hybridized carbons (Fsp3) is 0.722. The largest absolute Gasteiger partial charge is 0.444 e. The van der Waals surface area contributed by atoms with Crippen molar-refractivity contribution in [1.82, 2.24) is 10.2 Å². The number of carbonyl (C=O) groups is 1. The zero-order chi connectivity index (χ0) is 16.4. The molecule has 0 saturated heterocycles. The van der Waals surface area contributed by atoms with E-state index in [0.29, 0.717) is 12.1 Å². The predicted molar refractivity (Wildman–Crippen MR) is 93.7 cm³/mol. The lowest BCUT2D eigenvalue weighted by molar-refractivity contribution is 0.0234. The highest BCUT2D eigenvalue weighted by molar-refractivity contribution is 7.10.